The molecule has 2 aromatic heterocycles. The first-order valence-electron chi connectivity index (χ1n) is 8.98. The van der Waals surface area contributed by atoms with Gasteiger partial charge < -0.3 is 15.0 Å². The highest BCUT2D eigenvalue weighted by atomic mass is 35.6. The number of amides is 1. The predicted octanol–water partition coefficient (Wildman–Crippen LogP) is 3.62. The fourth-order valence-corrected chi connectivity index (χ4v) is 3.76. The lowest BCUT2D eigenvalue weighted by Crippen LogP contribution is -2.40. The van der Waals surface area contributed by atoms with Crippen molar-refractivity contribution >= 4 is 69.3 Å². The number of halogens is 4. The van der Waals surface area contributed by atoms with Crippen molar-refractivity contribution in [3.8, 4) is 0 Å². The van der Waals surface area contributed by atoms with Crippen molar-refractivity contribution in [1.29, 1.82) is 0 Å². The van der Waals surface area contributed by atoms with Gasteiger partial charge in [0, 0.05) is 23.7 Å². The Morgan fingerprint density at radius 3 is 2.47 bits per heavy atom. The average molecular weight is 490 g/mol. The molecule has 1 N–H and O–H groups in total. The Kier molecular flexibility index (Phi) is 6.22. The molecule has 1 aliphatic rings. The van der Waals surface area contributed by atoms with Crippen molar-refractivity contribution in [2.45, 2.75) is 9.96 Å². The van der Waals surface area contributed by atoms with E-state index >= 15 is 0 Å². The molecule has 8 nitrogen and oxygen atoms in total. The number of hydrogen-bond donors (Lipinski definition) is 1. The van der Waals surface area contributed by atoms with Gasteiger partial charge in [-0.3, -0.25) is 9.36 Å². The third-order valence-corrected chi connectivity index (χ3v) is 5.48. The van der Waals surface area contributed by atoms with Gasteiger partial charge in [0.15, 0.2) is 23.1 Å². The summed E-state index contributed by atoms with van der Waals surface area (Å²) in [7, 11) is 0. The minimum Gasteiger partial charge on any atom is -0.378 e. The number of morpholine rings is 1. The molecule has 0 saturated carbocycles. The zero-order valence-electron chi connectivity index (χ0n) is 15.4. The quantitative estimate of drug-likeness (QED) is 0.563. The number of fused-ring (bicyclic) bond motifs is 1. The lowest BCUT2D eigenvalue weighted by molar-refractivity contribution is 0.0921. The van der Waals surface area contributed by atoms with Gasteiger partial charge in [0.1, 0.15) is 6.33 Å². The summed E-state index contributed by atoms with van der Waals surface area (Å²) >= 11 is 24.5. The molecule has 0 spiro atoms. The molecule has 1 fully saturated rings. The van der Waals surface area contributed by atoms with Crippen LogP contribution < -0.4 is 10.2 Å². The first kappa shape index (κ1) is 21.4. The van der Waals surface area contributed by atoms with Crippen LogP contribution in [0.25, 0.3) is 11.2 Å². The largest absolute Gasteiger partial charge is 0.378 e. The van der Waals surface area contributed by atoms with Gasteiger partial charge in [-0.15, -0.1) is 0 Å². The minimum atomic E-state index is -1.88. The van der Waals surface area contributed by atoms with Crippen LogP contribution in [0.1, 0.15) is 16.5 Å². The summed E-state index contributed by atoms with van der Waals surface area (Å²) in [6.07, 6.45) is 1.82. The second-order valence-electron chi connectivity index (χ2n) is 6.55. The molecule has 0 radical (unpaired) electrons. The highest BCUT2D eigenvalue weighted by molar-refractivity contribution is 6.68. The van der Waals surface area contributed by atoms with E-state index in [1.807, 2.05) is 0 Å². The third-order valence-electron chi connectivity index (χ3n) is 4.61. The number of nitrogens with one attached hydrogen (secondary N) is 1. The summed E-state index contributed by atoms with van der Waals surface area (Å²) in [4.78, 5) is 27.9. The van der Waals surface area contributed by atoms with Crippen LogP contribution in [0.5, 0.6) is 0 Å². The fourth-order valence-electron chi connectivity index (χ4n) is 3.15. The van der Waals surface area contributed by atoms with Gasteiger partial charge in [0.2, 0.25) is 3.79 Å². The maximum absolute atomic E-state index is 12.7. The standard InChI is InChI=1S/C18H16Cl4N6O2/c19-12-3-1-11(2-4-12)16(29)26-17(18(20,21)22)28-10-25-13-14(23-9-24-15(13)28)27-5-7-30-8-6-27/h1-4,9-10,17H,5-8H2,(H,26,29). The molecule has 1 saturated heterocycles. The monoisotopic (exact) mass is 488 g/mol. The minimum absolute atomic E-state index is 0.367. The second-order valence-corrected chi connectivity index (χ2v) is 9.35. The Labute approximate surface area is 192 Å². The number of hydrogen-bond acceptors (Lipinski definition) is 6. The molecule has 1 amide bonds. The van der Waals surface area contributed by atoms with Crippen LogP contribution in [0, 0.1) is 0 Å². The Balaban J connectivity index is 1.69. The van der Waals surface area contributed by atoms with Gasteiger partial charge in [-0.25, -0.2) is 15.0 Å². The van der Waals surface area contributed by atoms with Gasteiger partial charge in [-0.05, 0) is 24.3 Å². The topological polar surface area (TPSA) is 85.2 Å². The molecule has 0 bridgehead atoms. The van der Waals surface area contributed by atoms with Crippen LogP contribution in [0.3, 0.4) is 0 Å². The van der Waals surface area contributed by atoms with E-state index in [4.69, 9.17) is 51.1 Å². The summed E-state index contributed by atoms with van der Waals surface area (Å²) in [5.74, 6) is 0.224. The summed E-state index contributed by atoms with van der Waals surface area (Å²) in [5.41, 5.74) is 1.34. The summed E-state index contributed by atoms with van der Waals surface area (Å²) < 4.78 is 5.04. The molecule has 0 aliphatic carbocycles. The number of carbonyl (C=O) groups excluding carboxylic acids is 1. The zero-order valence-corrected chi connectivity index (χ0v) is 18.5. The lowest BCUT2D eigenvalue weighted by atomic mass is 10.2. The van der Waals surface area contributed by atoms with Crippen LogP contribution >= 0.6 is 46.4 Å². The van der Waals surface area contributed by atoms with Crippen LogP contribution in [0.15, 0.2) is 36.9 Å². The summed E-state index contributed by atoms with van der Waals surface area (Å²) in [5, 5.41) is 3.25. The summed E-state index contributed by atoms with van der Waals surface area (Å²) in [6.45, 7) is 2.56. The maximum Gasteiger partial charge on any atom is 0.253 e. The van der Waals surface area contributed by atoms with Gasteiger partial charge in [0.25, 0.3) is 5.91 Å². The van der Waals surface area contributed by atoms with E-state index < -0.39 is 15.9 Å². The van der Waals surface area contributed by atoms with Crippen molar-refractivity contribution in [3.63, 3.8) is 0 Å². The lowest BCUT2D eigenvalue weighted by Gasteiger charge is -2.28. The Morgan fingerprint density at radius 1 is 1.10 bits per heavy atom. The van der Waals surface area contributed by atoms with Crippen LogP contribution in [-0.2, 0) is 4.74 Å². The van der Waals surface area contributed by atoms with E-state index in [1.54, 1.807) is 24.3 Å². The number of rotatable bonds is 4. The molecular formula is C18H16Cl4N6O2. The van der Waals surface area contributed by atoms with Crippen molar-refractivity contribution in [2.75, 3.05) is 31.2 Å². The van der Waals surface area contributed by atoms with Crippen molar-refractivity contribution in [2.24, 2.45) is 0 Å². The number of carbonyl (C=O) groups is 1. The van der Waals surface area contributed by atoms with E-state index in [0.717, 1.165) is 0 Å². The van der Waals surface area contributed by atoms with Crippen molar-refractivity contribution in [3.05, 3.63) is 47.5 Å². The number of alkyl halides is 3. The SMILES string of the molecule is O=C(NC(n1cnc2c(N3CCOCC3)ncnc21)C(Cl)(Cl)Cl)c1ccc(Cl)cc1. The molecule has 1 unspecified atom stereocenters. The Morgan fingerprint density at radius 2 is 1.80 bits per heavy atom. The number of anilines is 1. The first-order chi connectivity index (χ1) is 14.3. The van der Waals surface area contributed by atoms with E-state index in [2.05, 4.69) is 25.2 Å². The molecule has 3 heterocycles. The Hall–Kier alpha value is -1.84. The van der Waals surface area contributed by atoms with Crippen LogP contribution in [-0.4, -0.2) is 55.5 Å². The normalized spacial score (nSPS) is 15.9. The molecule has 4 rings (SSSR count). The fraction of sp³-hybridized carbons (Fsp3) is 0.333. The molecule has 30 heavy (non-hydrogen) atoms. The van der Waals surface area contributed by atoms with Crippen molar-refractivity contribution < 1.29 is 9.53 Å². The Bertz CT molecular complexity index is 1050. The highest BCUT2D eigenvalue weighted by Crippen LogP contribution is 2.38. The molecular weight excluding hydrogens is 474 g/mol. The average Bonchev–Trinajstić information content (AvgIpc) is 3.16. The molecule has 12 heteroatoms. The molecule has 3 aromatic rings. The third kappa shape index (κ3) is 4.43. The van der Waals surface area contributed by atoms with E-state index in [-0.39, 0.29) is 0 Å². The van der Waals surface area contributed by atoms with E-state index in [0.29, 0.717) is 53.9 Å². The van der Waals surface area contributed by atoms with Crippen molar-refractivity contribution in [1.82, 2.24) is 24.8 Å². The van der Waals surface area contributed by atoms with Crippen LogP contribution in [0.2, 0.25) is 5.02 Å². The second kappa shape index (κ2) is 8.72. The number of imidazole rings is 1. The van der Waals surface area contributed by atoms with Crippen LogP contribution in [0.4, 0.5) is 5.82 Å². The first-order valence-corrected chi connectivity index (χ1v) is 10.5. The molecule has 1 aromatic carbocycles. The maximum atomic E-state index is 12.7. The molecule has 1 atom stereocenters. The smallest absolute Gasteiger partial charge is 0.253 e. The number of nitrogens with zero attached hydrogens (tertiary/aromatic N) is 5. The summed E-state index contributed by atoms with van der Waals surface area (Å²) in [6, 6.07) is 6.38. The van der Waals surface area contributed by atoms with Gasteiger partial charge in [0.05, 0.1) is 19.5 Å². The highest BCUT2D eigenvalue weighted by Gasteiger charge is 2.37. The number of ether oxygens (including phenoxy) is 1. The molecule has 158 valence electrons. The van der Waals surface area contributed by atoms with E-state index in [9.17, 15) is 4.79 Å². The number of aromatic nitrogens is 4. The predicted molar refractivity (Wildman–Crippen MR) is 117 cm³/mol. The van der Waals surface area contributed by atoms with Gasteiger partial charge in [-0.2, -0.15) is 0 Å². The number of benzene rings is 1. The van der Waals surface area contributed by atoms with Gasteiger partial charge in [-0.1, -0.05) is 46.4 Å². The van der Waals surface area contributed by atoms with Gasteiger partial charge >= 0.3 is 0 Å². The van der Waals surface area contributed by atoms with E-state index in [1.165, 1.54) is 17.2 Å². The zero-order chi connectivity index (χ0) is 21.3. The molecule has 1 aliphatic heterocycles.